The van der Waals surface area contributed by atoms with Crippen molar-refractivity contribution >= 4 is 16.9 Å². The van der Waals surface area contributed by atoms with Gasteiger partial charge in [0.15, 0.2) is 0 Å². The van der Waals surface area contributed by atoms with E-state index in [1.807, 2.05) is 25.1 Å². The third-order valence-electron chi connectivity index (χ3n) is 6.24. The number of carbonyl (C=O) groups excluding carboxylic acids is 1. The van der Waals surface area contributed by atoms with Crippen molar-refractivity contribution in [2.24, 2.45) is 11.8 Å². The van der Waals surface area contributed by atoms with Crippen LogP contribution in [0.3, 0.4) is 0 Å². The van der Waals surface area contributed by atoms with Gasteiger partial charge in [-0.1, -0.05) is 29.8 Å². The highest BCUT2D eigenvalue weighted by molar-refractivity contribution is 5.85. The first-order chi connectivity index (χ1) is 12.5. The molecular formula is C21H26N2O3. The van der Waals surface area contributed by atoms with E-state index in [9.17, 15) is 9.90 Å². The summed E-state index contributed by atoms with van der Waals surface area (Å²) in [7, 11) is 3.53. The molecular weight excluding hydrogens is 328 g/mol. The Labute approximate surface area is 153 Å². The number of aliphatic hydroxyl groups is 1. The first-order valence-corrected chi connectivity index (χ1v) is 9.25. The molecule has 2 bridgehead atoms. The van der Waals surface area contributed by atoms with Gasteiger partial charge in [0, 0.05) is 29.2 Å². The molecule has 4 atom stereocenters. The number of nitrogens with zero attached hydrogens (tertiary/aromatic N) is 1. The van der Waals surface area contributed by atoms with Crippen LogP contribution in [0.4, 0.5) is 0 Å². The number of likely N-dealkylation sites (N-methyl/N-ethyl adjacent to an activating group) is 1. The Balaban J connectivity index is 1.89. The minimum atomic E-state index is -0.617. The molecule has 2 heterocycles. The number of esters is 1. The molecule has 1 aliphatic heterocycles. The molecule has 26 heavy (non-hydrogen) atoms. The van der Waals surface area contributed by atoms with E-state index in [-0.39, 0.29) is 23.8 Å². The van der Waals surface area contributed by atoms with Gasteiger partial charge in [0.2, 0.25) is 0 Å². The number of hydrogen-bond acceptors (Lipinski definition) is 4. The minimum Gasteiger partial charge on any atom is -0.469 e. The number of H-pyrrole nitrogens is 1. The summed E-state index contributed by atoms with van der Waals surface area (Å²) in [6.45, 7) is 2.83. The van der Waals surface area contributed by atoms with Gasteiger partial charge in [-0.25, -0.2) is 0 Å². The number of nitrogens with one attached hydrogen (secondary N) is 1. The van der Waals surface area contributed by atoms with Crippen LogP contribution in [0.15, 0.2) is 35.9 Å². The number of likely N-dealkylation sites (tertiary alicyclic amines) is 1. The van der Waals surface area contributed by atoms with Crippen LogP contribution in [-0.4, -0.2) is 47.7 Å². The van der Waals surface area contributed by atoms with Crippen molar-refractivity contribution in [3.8, 4) is 0 Å². The van der Waals surface area contributed by atoms with E-state index < -0.39 is 6.10 Å². The lowest BCUT2D eigenvalue weighted by Crippen LogP contribution is -2.53. The number of ether oxygens (including phenoxy) is 1. The Morgan fingerprint density at radius 3 is 2.88 bits per heavy atom. The number of rotatable bonds is 1. The highest BCUT2D eigenvalue weighted by Gasteiger charge is 2.46. The van der Waals surface area contributed by atoms with Gasteiger partial charge >= 0.3 is 5.97 Å². The standard InChI is InChI=1S/C21H26N2O3/c1-4-12-11-23(2)17-9-15-13-7-5-6-8-16(13)22-20(15)18(24)10-14(12)19(17)21(25)26-3/h4-8,14,17-19,22,24H,9-11H2,1-3H3/b12-4-/t14-,17+,18+,19-/m0/s1. The van der Waals surface area contributed by atoms with Crippen molar-refractivity contribution in [2.75, 3.05) is 20.7 Å². The highest BCUT2D eigenvalue weighted by atomic mass is 16.5. The van der Waals surface area contributed by atoms with E-state index in [1.54, 1.807) is 0 Å². The van der Waals surface area contributed by atoms with Crippen molar-refractivity contribution in [2.45, 2.75) is 31.9 Å². The Bertz CT molecular complexity index is 869. The van der Waals surface area contributed by atoms with Crippen LogP contribution in [0.25, 0.3) is 10.9 Å². The lowest BCUT2D eigenvalue weighted by atomic mass is 9.70. The number of carbonyl (C=O) groups is 1. The fourth-order valence-corrected chi connectivity index (χ4v) is 4.93. The van der Waals surface area contributed by atoms with Crippen molar-refractivity contribution in [3.05, 3.63) is 47.2 Å². The van der Waals surface area contributed by atoms with Gasteiger partial charge in [0.1, 0.15) is 0 Å². The minimum absolute atomic E-state index is 0.00297. The normalized spacial score (nSPS) is 30.7. The summed E-state index contributed by atoms with van der Waals surface area (Å²) < 4.78 is 5.17. The molecule has 2 N–H and O–H groups in total. The highest BCUT2D eigenvalue weighted by Crippen LogP contribution is 2.44. The topological polar surface area (TPSA) is 65.6 Å². The Morgan fingerprint density at radius 1 is 1.38 bits per heavy atom. The third-order valence-corrected chi connectivity index (χ3v) is 6.24. The first-order valence-electron chi connectivity index (χ1n) is 9.25. The molecule has 0 spiro atoms. The van der Waals surface area contributed by atoms with Gasteiger partial charge in [-0.15, -0.1) is 0 Å². The number of hydrogen-bond donors (Lipinski definition) is 2. The zero-order chi connectivity index (χ0) is 18.4. The van der Waals surface area contributed by atoms with Crippen LogP contribution in [0.5, 0.6) is 0 Å². The van der Waals surface area contributed by atoms with E-state index in [0.717, 1.165) is 35.1 Å². The molecule has 0 radical (unpaired) electrons. The van der Waals surface area contributed by atoms with E-state index in [0.29, 0.717) is 6.42 Å². The largest absolute Gasteiger partial charge is 0.469 e. The molecule has 1 aromatic heterocycles. The van der Waals surface area contributed by atoms with Crippen molar-refractivity contribution < 1.29 is 14.6 Å². The average Bonchev–Trinajstić information content (AvgIpc) is 3.01. The van der Waals surface area contributed by atoms with E-state index in [1.165, 1.54) is 12.7 Å². The Morgan fingerprint density at radius 2 is 2.15 bits per heavy atom. The number of para-hydroxylation sites is 1. The molecule has 1 saturated heterocycles. The number of fused-ring (bicyclic) bond motifs is 5. The molecule has 2 aromatic rings. The van der Waals surface area contributed by atoms with Gasteiger partial charge in [-0.05, 0) is 44.4 Å². The van der Waals surface area contributed by atoms with Crippen molar-refractivity contribution in [1.29, 1.82) is 0 Å². The fraction of sp³-hybridized carbons (Fsp3) is 0.476. The Kier molecular flexibility index (Phi) is 4.37. The van der Waals surface area contributed by atoms with Crippen molar-refractivity contribution in [1.82, 2.24) is 9.88 Å². The van der Waals surface area contributed by atoms with Crippen LogP contribution in [0.2, 0.25) is 0 Å². The molecule has 0 unspecified atom stereocenters. The maximum absolute atomic E-state index is 12.7. The molecule has 1 aromatic carbocycles. The average molecular weight is 354 g/mol. The number of aliphatic hydroxyl groups excluding tert-OH is 1. The van der Waals surface area contributed by atoms with E-state index >= 15 is 0 Å². The summed E-state index contributed by atoms with van der Waals surface area (Å²) in [4.78, 5) is 18.4. The van der Waals surface area contributed by atoms with Crippen LogP contribution < -0.4 is 0 Å². The second-order valence-electron chi connectivity index (χ2n) is 7.52. The quantitative estimate of drug-likeness (QED) is 0.610. The molecule has 1 aliphatic carbocycles. The number of aromatic amines is 1. The predicted octanol–water partition coefficient (Wildman–Crippen LogP) is 2.81. The number of methoxy groups -OCH3 is 1. The second kappa shape index (κ2) is 6.56. The molecule has 5 heteroatoms. The second-order valence-corrected chi connectivity index (χ2v) is 7.52. The number of piperidine rings is 1. The molecule has 1 fully saturated rings. The van der Waals surface area contributed by atoms with Crippen LogP contribution in [0, 0.1) is 11.8 Å². The summed E-state index contributed by atoms with van der Waals surface area (Å²) in [5.41, 5.74) is 4.27. The summed E-state index contributed by atoms with van der Waals surface area (Å²) >= 11 is 0. The van der Waals surface area contributed by atoms with Gasteiger partial charge in [-0.2, -0.15) is 0 Å². The molecule has 2 aliphatic rings. The SMILES string of the molecule is C/C=C1/CN(C)[C@@H]2Cc3c([nH]c4ccccc34)[C@H](O)C[C@@H]1[C@@H]2C(=O)OC. The summed E-state index contributed by atoms with van der Waals surface area (Å²) in [5, 5.41) is 12.1. The van der Waals surface area contributed by atoms with E-state index in [4.69, 9.17) is 4.74 Å². The molecule has 0 saturated carbocycles. The van der Waals surface area contributed by atoms with Gasteiger partial charge < -0.3 is 14.8 Å². The lowest BCUT2D eigenvalue weighted by molar-refractivity contribution is -0.151. The van der Waals surface area contributed by atoms with Crippen LogP contribution in [-0.2, 0) is 16.0 Å². The number of benzene rings is 1. The third kappa shape index (κ3) is 2.58. The fourth-order valence-electron chi connectivity index (χ4n) is 4.93. The Hall–Kier alpha value is -2.11. The smallest absolute Gasteiger partial charge is 0.310 e. The molecule has 4 rings (SSSR count). The molecule has 138 valence electrons. The predicted molar refractivity (Wildman–Crippen MR) is 101 cm³/mol. The van der Waals surface area contributed by atoms with Gasteiger partial charge in [0.25, 0.3) is 0 Å². The molecule has 0 amide bonds. The van der Waals surface area contributed by atoms with Gasteiger partial charge in [-0.3, -0.25) is 9.69 Å². The van der Waals surface area contributed by atoms with E-state index in [2.05, 4.69) is 29.1 Å². The van der Waals surface area contributed by atoms with Crippen LogP contribution in [0.1, 0.15) is 30.7 Å². The zero-order valence-electron chi connectivity index (χ0n) is 15.5. The lowest BCUT2D eigenvalue weighted by Gasteiger charge is -2.46. The number of aromatic nitrogens is 1. The maximum atomic E-state index is 12.7. The monoisotopic (exact) mass is 354 g/mol. The van der Waals surface area contributed by atoms with Crippen LogP contribution >= 0.6 is 0 Å². The maximum Gasteiger partial charge on any atom is 0.310 e. The summed E-state index contributed by atoms with van der Waals surface area (Å²) in [6, 6.07) is 8.20. The van der Waals surface area contributed by atoms with Crippen molar-refractivity contribution in [3.63, 3.8) is 0 Å². The first kappa shape index (κ1) is 17.3. The zero-order valence-corrected chi connectivity index (χ0v) is 15.5. The summed E-state index contributed by atoms with van der Waals surface area (Å²) in [5.74, 6) is -0.439. The molecule has 5 nitrogen and oxygen atoms in total. The van der Waals surface area contributed by atoms with Gasteiger partial charge in [0.05, 0.1) is 19.1 Å². The summed E-state index contributed by atoms with van der Waals surface area (Å²) in [6.07, 6.45) is 2.73. The number of allylic oxidation sites excluding steroid dienone is 1.